The Bertz CT molecular complexity index is 1860. The molecule has 2 fully saturated rings. The second-order valence-electron chi connectivity index (χ2n) is 11.9. The van der Waals surface area contributed by atoms with E-state index in [0.29, 0.717) is 35.2 Å². The Hall–Kier alpha value is -4.39. The third kappa shape index (κ3) is 7.14. The molecule has 1 N–H and O–H groups in total. The molecule has 244 valence electrons. The summed E-state index contributed by atoms with van der Waals surface area (Å²) >= 11 is 5.86. The van der Waals surface area contributed by atoms with Crippen molar-refractivity contribution in [2.24, 2.45) is 0 Å². The van der Waals surface area contributed by atoms with Crippen LogP contribution >= 0.6 is 11.6 Å². The van der Waals surface area contributed by atoms with Gasteiger partial charge in [0.05, 0.1) is 30.2 Å². The molecule has 0 radical (unpaired) electrons. The van der Waals surface area contributed by atoms with Crippen molar-refractivity contribution in [2.75, 3.05) is 25.0 Å². The number of likely N-dealkylation sites (tertiary alicyclic amines) is 1. The summed E-state index contributed by atoms with van der Waals surface area (Å²) in [5, 5.41) is 6.80. The summed E-state index contributed by atoms with van der Waals surface area (Å²) in [5.41, 5.74) is 3.51. The highest BCUT2D eigenvalue weighted by atomic mass is 35.5. The first-order valence-electron chi connectivity index (χ1n) is 15.7. The number of halogens is 3. The lowest BCUT2D eigenvalue weighted by atomic mass is 9.93. The maximum atomic E-state index is 14.6. The molecule has 0 bridgehead atoms. The number of anilines is 1. The van der Waals surface area contributed by atoms with E-state index in [4.69, 9.17) is 31.0 Å². The number of piperidine rings is 1. The first-order chi connectivity index (χ1) is 22.9. The van der Waals surface area contributed by atoms with Crippen molar-refractivity contribution >= 4 is 34.2 Å². The number of amides is 1. The zero-order valence-electron chi connectivity index (χ0n) is 25.6. The van der Waals surface area contributed by atoms with Crippen LogP contribution in [-0.4, -0.2) is 60.9 Å². The van der Waals surface area contributed by atoms with Crippen molar-refractivity contribution in [3.05, 3.63) is 101 Å². The number of carbonyl (C=O) groups excluding carboxylic acids is 1. The molecule has 5 heterocycles. The van der Waals surface area contributed by atoms with Gasteiger partial charge in [0, 0.05) is 53.0 Å². The minimum Gasteiger partial charge on any atom is -0.473 e. The Kier molecular flexibility index (Phi) is 9.14. The number of nitrogens with one attached hydrogen (secondary N) is 1. The van der Waals surface area contributed by atoms with Crippen LogP contribution in [0.5, 0.6) is 5.88 Å². The lowest BCUT2D eigenvalue weighted by Gasteiger charge is -2.32. The van der Waals surface area contributed by atoms with E-state index in [9.17, 15) is 13.6 Å². The third-order valence-electron chi connectivity index (χ3n) is 8.75. The minimum atomic E-state index is -1.93. The summed E-state index contributed by atoms with van der Waals surface area (Å²) in [7, 11) is 0. The van der Waals surface area contributed by atoms with Gasteiger partial charge in [-0.25, -0.2) is 23.4 Å². The first kappa shape index (κ1) is 31.2. The van der Waals surface area contributed by atoms with Gasteiger partial charge in [0.15, 0.2) is 0 Å². The van der Waals surface area contributed by atoms with Gasteiger partial charge < -0.3 is 19.4 Å². The number of pyridine rings is 1. The van der Waals surface area contributed by atoms with E-state index >= 15 is 0 Å². The lowest BCUT2D eigenvalue weighted by molar-refractivity contribution is -0.124. The van der Waals surface area contributed by atoms with Gasteiger partial charge in [-0.15, -0.1) is 0 Å². The van der Waals surface area contributed by atoms with Gasteiger partial charge in [-0.1, -0.05) is 23.7 Å². The fraction of sp³-hybridized carbons (Fsp3) is 0.353. The van der Waals surface area contributed by atoms with Gasteiger partial charge in [-0.05, 0) is 74.8 Å². The molecule has 0 aliphatic carbocycles. The predicted molar refractivity (Wildman–Crippen MR) is 172 cm³/mol. The maximum Gasteiger partial charge on any atom is 0.281 e. The SMILES string of the molecule is O=C(Nc1ccc2c(c1)nc(CN1CCC(c3cccc(OCc4ccc(Cl)cc4F)n3)CC1)n2CC1CCO1)C(F)n1cccn1. The van der Waals surface area contributed by atoms with E-state index in [1.165, 1.54) is 18.5 Å². The highest BCUT2D eigenvalue weighted by molar-refractivity contribution is 6.30. The van der Waals surface area contributed by atoms with E-state index < -0.39 is 18.0 Å². The normalized spacial score (nSPS) is 17.8. The van der Waals surface area contributed by atoms with Crippen LogP contribution in [0.2, 0.25) is 5.02 Å². The number of nitrogens with zero attached hydrogens (tertiary/aromatic N) is 6. The van der Waals surface area contributed by atoms with Crippen molar-refractivity contribution < 1.29 is 23.0 Å². The number of carbonyl (C=O) groups is 1. The zero-order chi connectivity index (χ0) is 32.3. The average Bonchev–Trinajstić information content (AvgIpc) is 3.71. The molecule has 2 aliphatic rings. The molecule has 2 atom stereocenters. The average molecular weight is 662 g/mol. The van der Waals surface area contributed by atoms with Crippen molar-refractivity contribution in [1.29, 1.82) is 0 Å². The van der Waals surface area contributed by atoms with Crippen LogP contribution in [0.15, 0.2) is 73.1 Å². The van der Waals surface area contributed by atoms with Crippen LogP contribution in [-0.2, 0) is 29.2 Å². The smallest absolute Gasteiger partial charge is 0.281 e. The molecular formula is C34H34ClF2N7O3. The number of fused-ring (bicyclic) bond motifs is 1. The molecule has 47 heavy (non-hydrogen) atoms. The van der Waals surface area contributed by atoms with Gasteiger partial charge in [-0.2, -0.15) is 5.10 Å². The highest BCUT2D eigenvalue weighted by Gasteiger charge is 2.26. The van der Waals surface area contributed by atoms with Crippen LogP contribution in [0.3, 0.4) is 0 Å². The Morgan fingerprint density at radius 3 is 2.68 bits per heavy atom. The summed E-state index contributed by atoms with van der Waals surface area (Å²) < 4.78 is 43.5. The minimum absolute atomic E-state index is 0.0698. The predicted octanol–water partition coefficient (Wildman–Crippen LogP) is 6.27. The fourth-order valence-corrected chi connectivity index (χ4v) is 6.23. The van der Waals surface area contributed by atoms with Gasteiger partial charge in [0.2, 0.25) is 5.88 Å². The highest BCUT2D eigenvalue weighted by Crippen LogP contribution is 2.30. The standard InChI is InChI=1S/C34H34ClF2N7O3/c35-24-6-5-23(27(36)17-24)21-47-32-4-1-3-28(41-32)22-9-14-42(15-10-22)20-31-40-29-18-25(39-34(45)33(37)44-13-2-12-38-44)7-8-30(29)43(31)19-26-11-16-46-26/h1-8,12-13,17-18,22,26,33H,9-11,14-16,19-21H2,(H,39,45). The molecule has 5 aromatic rings. The van der Waals surface area contributed by atoms with Gasteiger partial charge in [-0.3, -0.25) is 9.69 Å². The van der Waals surface area contributed by atoms with Crippen LogP contribution in [0.1, 0.15) is 48.6 Å². The molecule has 7 rings (SSSR count). The number of ether oxygens (including phenoxy) is 2. The van der Waals surface area contributed by atoms with Crippen LogP contribution in [0, 0.1) is 5.82 Å². The van der Waals surface area contributed by atoms with Crippen molar-refractivity contribution in [3.8, 4) is 5.88 Å². The van der Waals surface area contributed by atoms with E-state index in [2.05, 4.69) is 19.9 Å². The molecular weight excluding hydrogens is 628 g/mol. The summed E-state index contributed by atoms with van der Waals surface area (Å²) in [6.45, 7) is 3.91. The van der Waals surface area contributed by atoms with Gasteiger partial charge in [0.1, 0.15) is 18.2 Å². The molecule has 2 aliphatic heterocycles. The number of imidazole rings is 1. The molecule has 1 amide bonds. The topological polar surface area (TPSA) is 99.3 Å². The Balaban J connectivity index is 1.00. The third-order valence-corrected chi connectivity index (χ3v) is 8.99. The van der Waals surface area contributed by atoms with Crippen molar-refractivity contribution in [2.45, 2.75) is 57.3 Å². The number of rotatable bonds is 11. The molecule has 2 unspecified atom stereocenters. The molecule has 2 aromatic carbocycles. The van der Waals surface area contributed by atoms with E-state index in [1.807, 2.05) is 18.2 Å². The summed E-state index contributed by atoms with van der Waals surface area (Å²) in [4.78, 5) is 24.6. The fourth-order valence-electron chi connectivity index (χ4n) is 6.07. The second kappa shape index (κ2) is 13.8. The molecule has 10 nitrogen and oxygen atoms in total. The maximum absolute atomic E-state index is 14.6. The van der Waals surface area contributed by atoms with Gasteiger partial charge in [0.25, 0.3) is 12.2 Å². The first-order valence-corrected chi connectivity index (χ1v) is 16.1. The Morgan fingerprint density at radius 2 is 1.94 bits per heavy atom. The van der Waals surface area contributed by atoms with Crippen molar-refractivity contribution in [1.82, 2.24) is 29.2 Å². The number of alkyl halides is 1. The molecule has 0 spiro atoms. The zero-order valence-corrected chi connectivity index (χ0v) is 26.3. The second-order valence-corrected chi connectivity index (χ2v) is 12.3. The van der Waals surface area contributed by atoms with E-state index in [1.54, 1.807) is 36.4 Å². The van der Waals surface area contributed by atoms with E-state index in [-0.39, 0.29) is 18.6 Å². The molecule has 0 saturated carbocycles. The number of benzene rings is 2. The summed E-state index contributed by atoms with van der Waals surface area (Å²) in [6, 6.07) is 17.3. The monoisotopic (exact) mass is 661 g/mol. The van der Waals surface area contributed by atoms with Crippen LogP contribution in [0.25, 0.3) is 11.0 Å². The molecule has 3 aromatic heterocycles. The largest absolute Gasteiger partial charge is 0.473 e. The Morgan fingerprint density at radius 1 is 1.09 bits per heavy atom. The number of aromatic nitrogens is 5. The summed E-state index contributed by atoms with van der Waals surface area (Å²) in [5.74, 6) is 0.445. The molecule has 2 saturated heterocycles. The quantitative estimate of drug-likeness (QED) is 0.178. The Labute approximate surface area is 275 Å². The van der Waals surface area contributed by atoms with Crippen LogP contribution in [0.4, 0.5) is 14.5 Å². The number of hydrogen-bond acceptors (Lipinski definition) is 7. The molecule has 13 heteroatoms. The number of hydrogen-bond donors (Lipinski definition) is 1. The van der Waals surface area contributed by atoms with Crippen LogP contribution < -0.4 is 10.1 Å². The van der Waals surface area contributed by atoms with Crippen molar-refractivity contribution in [3.63, 3.8) is 0 Å². The van der Waals surface area contributed by atoms with E-state index in [0.717, 1.165) is 66.2 Å². The van der Waals surface area contributed by atoms with Gasteiger partial charge >= 0.3 is 0 Å². The summed E-state index contributed by atoms with van der Waals surface area (Å²) in [6.07, 6.45) is 3.87. The lowest BCUT2D eigenvalue weighted by Crippen LogP contribution is -2.35.